The predicted molar refractivity (Wildman–Crippen MR) is 68.3 cm³/mol. The first-order valence-electron chi connectivity index (χ1n) is 6.17. The van der Waals surface area contributed by atoms with E-state index < -0.39 is 0 Å². The van der Waals surface area contributed by atoms with E-state index in [4.69, 9.17) is 4.42 Å². The molecule has 0 bridgehead atoms. The Bertz CT molecular complexity index is 565. The van der Waals surface area contributed by atoms with Gasteiger partial charge in [0, 0.05) is 6.54 Å². The van der Waals surface area contributed by atoms with Gasteiger partial charge in [-0.05, 0) is 50.9 Å². The summed E-state index contributed by atoms with van der Waals surface area (Å²) >= 11 is 0. The monoisotopic (exact) mass is 230 g/mol. The van der Waals surface area contributed by atoms with Gasteiger partial charge < -0.3 is 9.73 Å². The third kappa shape index (κ3) is 1.65. The number of rotatable bonds is 1. The van der Waals surface area contributed by atoms with Crippen LogP contribution in [0.3, 0.4) is 0 Å². The van der Waals surface area contributed by atoms with Crippen molar-refractivity contribution in [2.75, 3.05) is 13.1 Å². The summed E-state index contributed by atoms with van der Waals surface area (Å²) in [5.41, 5.74) is 4.40. The van der Waals surface area contributed by atoms with Crippen LogP contribution in [0.4, 0.5) is 0 Å². The van der Waals surface area contributed by atoms with E-state index in [0.29, 0.717) is 0 Å². The second-order valence-corrected chi connectivity index (χ2v) is 5.44. The Morgan fingerprint density at radius 1 is 1.35 bits per heavy atom. The topological polar surface area (TPSA) is 38.1 Å². The number of hydrogen-bond acceptors (Lipinski definition) is 3. The number of hydrogen-bond donors (Lipinski definition) is 1. The highest BCUT2D eigenvalue weighted by molar-refractivity contribution is 5.77. The van der Waals surface area contributed by atoms with Crippen LogP contribution < -0.4 is 5.32 Å². The molecule has 0 amide bonds. The van der Waals surface area contributed by atoms with Crippen LogP contribution in [0, 0.1) is 13.8 Å². The largest absolute Gasteiger partial charge is 0.440 e. The average Bonchev–Trinajstić information content (AvgIpc) is 2.84. The fourth-order valence-electron chi connectivity index (χ4n) is 2.63. The summed E-state index contributed by atoms with van der Waals surface area (Å²) in [6.45, 7) is 8.41. The number of aromatic nitrogens is 1. The van der Waals surface area contributed by atoms with Crippen molar-refractivity contribution in [3.05, 3.63) is 29.2 Å². The highest BCUT2D eigenvalue weighted by atomic mass is 16.3. The normalized spacial score (nSPS) is 24.6. The van der Waals surface area contributed by atoms with Gasteiger partial charge in [-0.2, -0.15) is 0 Å². The molecule has 90 valence electrons. The molecule has 0 aliphatic carbocycles. The minimum absolute atomic E-state index is 0.0549. The molecule has 1 atom stereocenters. The van der Waals surface area contributed by atoms with Crippen LogP contribution in [0.2, 0.25) is 0 Å². The maximum atomic E-state index is 5.99. The standard InChI is InChI=1S/C14H18N2O/c1-9-6-10(2)12-11(7-9)16-13(17-12)14(3)4-5-15-8-14/h6-7,15H,4-5,8H2,1-3H3. The van der Waals surface area contributed by atoms with E-state index in [2.05, 4.69) is 43.2 Å². The van der Waals surface area contributed by atoms with Gasteiger partial charge in [0.1, 0.15) is 5.52 Å². The van der Waals surface area contributed by atoms with Crippen molar-refractivity contribution in [1.29, 1.82) is 0 Å². The third-order valence-electron chi connectivity index (χ3n) is 3.71. The third-order valence-corrected chi connectivity index (χ3v) is 3.71. The summed E-state index contributed by atoms with van der Waals surface area (Å²) in [5, 5.41) is 3.38. The SMILES string of the molecule is Cc1cc(C)c2oc(C3(C)CCNC3)nc2c1. The van der Waals surface area contributed by atoms with E-state index in [1.807, 2.05) is 0 Å². The molecule has 3 heteroatoms. The Kier molecular flexibility index (Phi) is 2.26. The second kappa shape index (κ2) is 3.57. The van der Waals surface area contributed by atoms with Crippen molar-refractivity contribution in [2.45, 2.75) is 32.6 Å². The zero-order valence-corrected chi connectivity index (χ0v) is 10.6. The van der Waals surface area contributed by atoms with Gasteiger partial charge in [0.05, 0.1) is 5.41 Å². The number of nitrogens with zero attached hydrogens (tertiary/aromatic N) is 1. The van der Waals surface area contributed by atoms with Crippen LogP contribution in [0.1, 0.15) is 30.4 Å². The van der Waals surface area contributed by atoms with Crippen molar-refractivity contribution in [3.63, 3.8) is 0 Å². The summed E-state index contributed by atoms with van der Waals surface area (Å²) in [5.74, 6) is 0.881. The first-order valence-corrected chi connectivity index (χ1v) is 6.17. The highest BCUT2D eigenvalue weighted by Crippen LogP contribution is 2.32. The maximum absolute atomic E-state index is 5.99. The molecule has 2 aromatic rings. The lowest BCUT2D eigenvalue weighted by Gasteiger charge is -2.17. The Morgan fingerprint density at radius 2 is 2.18 bits per heavy atom. The first-order chi connectivity index (χ1) is 8.08. The predicted octanol–water partition coefficient (Wildman–Crippen LogP) is 2.70. The van der Waals surface area contributed by atoms with Crippen LogP contribution in [0.5, 0.6) is 0 Å². The number of benzene rings is 1. The van der Waals surface area contributed by atoms with Crippen molar-refractivity contribution < 1.29 is 4.42 Å². The van der Waals surface area contributed by atoms with Gasteiger partial charge in [0.25, 0.3) is 0 Å². The Labute approximate surface area is 101 Å². The van der Waals surface area contributed by atoms with E-state index in [1.165, 1.54) is 11.1 Å². The molecule has 3 nitrogen and oxygen atoms in total. The van der Waals surface area contributed by atoms with Crippen LogP contribution in [0.25, 0.3) is 11.1 Å². The fraction of sp³-hybridized carbons (Fsp3) is 0.500. The van der Waals surface area contributed by atoms with Crippen LogP contribution >= 0.6 is 0 Å². The molecule has 1 fully saturated rings. The molecule has 2 heterocycles. The van der Waals surface area contributed by atoms with E-state index in [-0.39, 0.29) is 5.41 Å². The molecule has 1 N–H and O–H groups in total. The molecule has 1 unspecified atom stereocenters. The number of nitrogens with one attached hydrogen (secondary N) is 1. The smallest absolute Gasteiger partial charge is 0.202 e. The molecule has 3 rings (SSSR count). The number of aryl methyl sites for hydroxylation is 2. The van der Waals surface area contributed by atoms with E-state index in [9.17, 15) is 0 Å². The van der Waals surface area contributed by atoms with E-state index in [1.54, 1.807) is 0 Å². The number of fused-ring (bicyclic) bond motifs is 1. The molecule has 0 spiro atoms. The zero-order chi connectivity index (χ0) is 12.0. The van der Waals surface area contributed by atoms with Gasteiger partial charge in [-0.1, -0.05) is 6.07 Å². The molecular formula is C14H18N2O. The second-order valence-electron chi connectivity index (χ2n) is 5.44. The van der Waals surface area contributed by atoms with Crippen molar-refractivity contribution in [2.24, 2.45) is 0 Å². The molecule has 0 saturated carbocycles. The summed E-state index contributed by atoms with van der Waals surface area (Å²) in [6, 6.07) is 4.24. The lowest BCUT2D eigenvalue weighted by atomic mass is 9.90. The van der Waals surface area contributed by atoms with Crippen LogP contribution in [-0.4, -0.2) is 18.1 Å². The summed E-state index contributed by atoms with van der Waals surface area (Å²) in [6.07, 6.45) is 1.10. The zero-order valence-electron chi connectivity index (χ0n) is 10.6. The van der Waals surface area contributed by atoms with Gasteiger partial charge in [-0.15, -0.1) is 0 Å². The minimum Gasteiger partial charge on any atom is -0.440 e. The van der Waals surface area contributed by atoms with E-state index in [0.717, 1.165) is 36.5 Å². The quantitative estimate of drug-likeness (QED) is 0.818. The molecule has 17 heavy (non-hydrogen) atoms. The van der Waals surface area contributed by atoms with Crippen molar-refractivity contribution >= 4 is 11.1 Å². The minimum atomic E-state index is 0.0549. The van der Waals surface area contributed by atoms with E-state index >= 15 is 0 Å². The lowest BCUT2D eigenvalue weighted by Crippen LogP contribution is -2.25. The van der Waals surface area contributed by atoms with Gasteiger partial charge >= 0.3 is 0 Å². The molecule has 0 radical (unpaired) electrons. The Hall–Kier alpha value is -1.35. The molecule has 1 saturated heterocycles. The molecule has 1 aromatic carbocycles. The van der Waals surface area contributed by atoms with Gasteiger partial charge in [-0.3, -0.25) is 0 Å². The maximum Gasteiger partial charge on any atom is 0.202 e. The Balaban J connectivity index is 2.16. The average molecular weight is 230 g/mol. The summed E-state index contributed by atoms with van der Waals surface area (Å²) in [4.78, 5) is 4.68. The summed E-state index contributed by atoms with van der Waals surface area (Å²) in [7, 11) is 0. The van der Waals surface area contributed by atoms with Gasteiger partial charge in [-0.25, -0.2) is 4.98 Å². The molecule has 1 aliphatic heterocycles. The number of oxazole rings is 1. The fourth-order valence-corrected chi connectivity index (χ4v) is 2.63. The molecule has 1 aliphatic rings. The highest BCUT2D eigenvalue weighted by Gasteiger charge is 2.35. The van der Waals surface area contributed by atoms with Crippen LogP contribution in [-0.2, 0) is 5.41 Å². The lowest BCUT2D eigenvalue weighted by molar-refractivity contribution is 0.382. The molecule has 1 aromatic heterocycles. The Morgan fingerprint density at radius 3 is 2.88 bits per heavy atom. The van der Waals surface area contributed by atoms with Crippen LogP contribution in [0.15, 0.2) is 16.5 Å². The van der Waals surface area contributed by atoms with Crippen molar-refractivity contribution in [3.8, 4) is 0 Å². The van der Waals surface area contributed by atoms with Gasteiger partial charge in [0.2, 0.25) is 5.89 Å². The summed E-state index contributed by atoms with van der Waals surface area (Å²) < 4.78 is 5.99. The van der Waals surface area contributed by atoms with Gasteiger partial charge in [0.15, 0.2) is 5.58 Å². The molecular weight excluding hydrogens is 212 g/mol. The van der Waals surface area contributed by atoms with Crippen molar-refractivity contribution in [1.82, 2.24) is 10.3 Å². The first kappa shape index (κ1) is 10.8.